The quantitative estimate of drug-likeness (QED) is 0.491. The first-order valence-corrected chi connectivity index (χ1v) is 10.8. The van der Waals surface area contributed by atoms with Gasteiger partial charge in [-0.15, -0.1) is 11.3 Å². The van der Waals surface area contributed by atoms with Crippen LogP contribution in [0, 0.1) is 5.82 Å². The molecule has 3 nitrogen and oxygen atoms in total. The first-order chi connectivity index (χ1) is 14.2. The molecule has 0 unspecified atom stereocenters. The zero-order chi connectivity index (χ0) is 20.1. The van der Waals surface area contributed by atoms with Crippen molar-refractivity contribution in [3.05, 3.63) is 82.0 Å². The number of benzene rings is 2. The van der Waals surface area contributed by atoms with Gasteiger partial charge in [-0.05, 0) is 61.1 Å². The Morgan fingerprint density at radius 2 is 1.69 bits per heavy atom. The van der Waals surface area contributed by atoms with Crippen molar-refractivity contribution in [3.8, 4) is 0 Å². The summed E-state index contributed by atoms with van der Waals surface area (Å²) >= 11 is 1.61. The third kappa shape index (κ3) is 4.80. The minimum absolute atomic E-state index is 0.111. The van der Waals surface area contributed by atoms with Crippen LogP contribution in [0.25, 0.3) is 0 Å². The predicted octanol–water partition coefficient (Wildman–Crippen LogP) is 6.55. The van der Waals surface area contributed by atoms with Gasteiger partial charge >= 0.3 is 0 Å². The number of carbonyl (C=O) groups excluding carboxylic acids is 1. The van der Waals surface area contributed by atoms with Crippen LogP contribution in [0.3, 0.4) is 0 Å². The molecule has 0 saturated carbocycles. The fourth-order valence-corrected chi connectivity index (χ4v) is 4.86. The molecule has 1 aliphatic rings. The second-order valence-electron chi connectivity index (χ2n) is 7.23. The first-order valence-electron chi connectivity index (χ1n) is 10.0. The number of anilines is 1. The van der Waals surface area contributed by atoms with Crippen LogP contribution in [0.15, 0.2) is 59.6 Å². The summed E-state index contributed by atoms with van der Waals surface area (Å²) in [4.78, 5) is 19.1. The fourth-order valence-electron chi connectivity index (χ4n) is 3.63. The summed E-state index contributed by atoms with van der Waals surface area (Å²) in [7, 11) is 0. The number of aryl methyl sites for hydroxylation is 1. The molecule has 2 aromatic carbocycles. The van der Waals surface area contributed by atoms with Gasteiger partial charge in [0, 0.05) is 16.8 Å². The SMILES string of the molecule is O=C(Nc1ccccc1)c1c(N=Cc2ccc(F)cc2)sc2c1CCCCCC2. The number of para-hydroxylation sites is 1. The number of hydrogen-bond donors (Lipinski definition) is 1. The molecule has 0 saturated heterocycles. The lowest BCUT2D eigenvalue weighted by molar-refractivity contribution is 0.102. The maximum absolute atomic E-state index is 13.2. The van der Waals surface area contributed by atoms with Crippen LogP contribution in [0.5, 0.6) is 0 Å². The van der Waals surface area contributed by atoms with E-state index < -0.39 is 0 Å². The highest BCUT2D eigenvalue weighted by atomic mass is 32.1. The molecule has 1 amide bonds. The van der Waals surface area contributed by atoms with Crippen molar-refractivity contribution in [2.45, 2.75) is 38.5 Å². The Kier molecular flexibility index (Phi) is 6.15. The zero-order valence-corrected chi connectivity index (χ0v) is 17.0. The molecule has 4 rings (SSSR count). The van der Waals surface area contributed by atoms with Crippen molar-refractivity contribution in [1.82, 2.24) is 0 Å². The number of fused-ring (bicyclic) bond motifs is 1. The summed E-state index contributed by atoms with van der Waals surface area (Å²) in [5.74, 6) is -0.385. The van der Waals surface area contributed by atoms with E-state index in [0.717, 1.165) is 47.5 Å². The summed E-state index contributed by atoms with van der Waals surface area (Å²) in [5, 5.41) is 3.75. The fraction of sp³-hybridized carbons (Fsp3) is 0.250. The molecular formula is C24H23FN2OS. The molecule has 1 aromatic heterocycles. The summed E-state index contributed by atoms with van der Waals surface area (Å²) in [6.45, 7) is 0. The molecule has 5 heteroatoms. The van der Waals surface area contributed by atoms with E-state index in [4.69, 9.17) is 0 Å². The minimum atomic E-state index is -0.274. The summed E-state index contributed by atoms with van der Waals surface area (Å²) in [6, 6.07) is 15.7. The van der Waals surface area contributed by atoms with Gasteiger partial charge in [-0.2, -0.15) is 0 Å². The number of halogens is 1. The van der Waals surface area contributed by atoms with Gasteiger partial charge in [-0.3, -0.25) is 4.79 Å². The van der Waals surface area contributed by atoms with Crippen LogP contribution in [0.2, 0.25) is 0 Å². The minimum Gasteiger partial charge on any atom is -0.322 e. The summed E-state index contributed by atoms with van der Waals surface area (Å²) in [5.41, 5.74) is 3.42. The topological polar surface area (TPSA) is 41.5 Å². The number of amides is 1. The lowest BCUT2D eigenvalue weighted by atomic mass is 9.96. The van der Waals surface area contributed by atoms with Gasteiger partial charge < -0.3 is 5.32 Å². The average molecular weight is 407 g/mol. The van der Waals surface area contributed by atoms with E-state index >= 15 is 0 Å². The number of rotatable bonds is 4. The monoisotopic (exact) mass is 406 g/mol. The van der Waals surface area contributed by atoms with Gasteiger partial charge in [-0.1, -0.05) is 43.2 Å². The Morgan fingerprint density at radius 3 is 2.45 bits per heavy atom. The van der Waals surface area contributed by atoms with E-state index in [2.05, 4.69) is 10.3 Å². The molecule has 1 heterocycles. The third-order valence-corrected chi connectivity index (χ3v) is 6.31. The third-order valence-electron chi connectivity index (χ3n) is 5.11. The van der Waals surface area contributed by atoms with Crippen molar-refractivity contribution in [1.29, 1.82) is 0 Å². The lowest BCUT2D eigenvalue weighted by Gasteiger charge is -2.12. The number of carbonyl (C=O) groups is 1. The van der Waals surface area contributed by atoms with E-state index in [9.17, 15) is 9.18 Å². The Balaban J connectivity index is 1.70. The molecule has 0 atom stereocenters. The second kappa shape index (κ2) is 9.14. The highest BCUT2D eigenvalue weighted by Crippen LogP contribution is 2.39. The van der Waals surface area contributed by atoms with Crippen LogP contribution in [-0.2, 0) is 12.8 Å². The van der Waals surface area contributed by atoms with Gasteiger partial charge in [0.25, 0.3) is 5.91 Å². The van der Waals surface area contributed by atoms with E-state index in [1.54, 1.807) is 29.7 Å². The van der Waals surface area contributed by atoms with Crippen molar-refractivity contribution in [2.24, 2.45) is 4.99 Å². The molecule has 0 radical (unpaired) electrons. The number of aliphatic imine (C=N–C) groups is 1. The molecule has 0 aliphatic heterocycles. The van der Waals surface area contributed by atoms with Crippen molar-refractivity contribution in [3.63, 3.8) is 0 Å². The molecular weight excluding hydrogens is 383 g/mol. The standard InChI is InChI=1S/C24H23FN2OS/c25-18-14-12-17(13-15-18)16-26-24-22(23(28)27-19-8-4-3-5-9-19)20-10-6-1-2-7-11-21(20)29-24/h3-5,8-9,12-16H,1-2,6-7,10-11H2,(H,27,28). The second-order valence-corrected chi connectivity index (χ2v) is 8.31. The predicted molar refractivity (Wildman–Crippen MR) is 118 cm³/mol. The molecule has 0 bridgehead atoms. The maximum Gasteiger partial charge on any atom is 0.259 e. The van der Waals surface area contributed by atoms with E-state index in [1.807, 2.05) is 30.3 Å². The van der Waals surface area contributed by atoms with Gasteiger partial charge in [0.05, 0.1) is 5.56 Å². The molecule has 0 spiro atoms. The summed E-state index contributed by atoms with van der Waals surface area (Å²) in [6.07, 6.45) is 8.29. The summed E-state index contributed by atoms with van der Waals surface area (Å²) < 4.78 is 13.2. The average Bonchev–Trinajstić information content (AvgIpc) is 3.05. The Bertz CT molecular complexity index is 1010. The number of nitrogens with one attached hydrogen (secondary N) is 1. The Labute approximate surface area is 174 Å². The first kappa shape index (κ1) is 19.5. The van der Waals surface area contributed by atoms with Crippen LogP contribution in [0.4, 0.5) is 15.1 Å². The van der Waals surface area contributed by atoms with Crippen molar-refractivity contribution >= 4 is 34.1 Å². The molecule has 148 valence electrons. The lowest BCUT2D eigenvalue weighted by Crippen LogP contribution is -2.14. The highest BCUT2D eigenvalue weighted by Gasteiger charge is 2.24. The van der Waals surface area contributed by atoms with Gasteiger partial charge in [0.15, 0.2) is 0 Å². The van der Waals surface area contributed by atoms with Crippen LogP contribution >= 0.6 is 11.3 Å². The Hall–Kier alpha value is -2.79. The molecule has 29 heavy (non-hydrogen) atoms. The normalized spacial score (nSPS) is 14.2. The van der Waals surface area contributed by atoms with E-state index in [-0.39, 0.29) is 11.7 Å². The molecule has 0 fully saturated rings. The number of nitrogens with zero attached hydrogens (tertiary/aromatic N) is 1. The Morgan fingerprint density at radius 1 is 0.966 bits per heavy atom. The zero-order valence-electron chi connectivity index (χ0n) is 16.2. The van der Waals surface area contributed by atoms with Gasteiger partial charge in [-0.25, -0.2) is 9.38 Å². The highest BCUT2D eigenvalue weighted by molar-refractivity contribution is 7.16. The van der Waals surface area contributed by atoms with Gasteiger partial charge in [0.2, 0.25) is 0 Å². The van der Waals surface area contributed by atoms with E-state index in [1.165, 1.54) is 29.9 Å². The van der Waals surface area contributed by atoms with Crippen molar-refractivity contribution in [2.75, 3.05) is 5.32 Å². The van der Waals surface area contributed by atoms with E-state index in [0.29, 0.717) is 5.56 Å². The van der Waals surface area contributed by atoms with Crippen LogP contribution in [-0.4, -0.2) is 12.1 Å². The molecule has 3 aromatic rings. The van der Waals surface area contributed by atoms with Gasteiger partial charge in [0.1, 0.15) is 10.8 Å². The largest absolute Gasteiger partial charge is 0.322 e. The van der Waals surface area contributed by atoms with Crippen molar-refractivity contribution < 1.29 is 9.18 Å². The van der Waals surface area contributed by atoms with Crippen LogP contribution in [0.1, 0.15) is 52.0 Å². The maximum atomic E-state index is 13.2. The molecule has 1 N–H and O–H groups in total. The molecule has 1 aliphatic carbocycles. The smallest absolute Gasteiger partial charge is 0.259 e. The number of thiophene rings is 1. The number of hydrogen-bond acceptors (Lipinski definition) is 3. The van der Waals surface area contributed by atoms with Crippen LogP contribution < -0.4 is 5.32 Å².